The molecule has 9 heteroatoms. The van der Waals surface area contributed by atoms with Crippen molar-refractivity contribution in [2.24, 2.45) is 0 Å². The summed E-state index contributed by atoms with van der Waals surface area (Å²) in [7, 11) is 0. The van der Waals surface area contributed by atoms with E-state index >= 15 is 0 Å². The standard InChI is InChI=1S/C52H92O9/c1-3-5-7-9-11-13-15-17-19-21-22-23-24-25-26-27-29-31-33-35-37-39-41-48(54)60-46(45-59-52-51(57)50(56)49(55)47(43-53)61-52)44-58-42-40-38-36-34-32-30-28-20-18-16-14-12-10-8-6-4-2/h6,8,12,14,18,20,30,32,36,38,46-47,49-53,55-57H,3-5,7,9-11,13,15-17,19,21-29,31,33-35,37,39-45H2,1-2H3/b8-6-,14-12-,20-18-,32-30-,38-36-. The quantitative estimate of drug-likeness (QED) is 0.0269. The number of carbonyl (C=O) groups excluding carboxylic acids is 1. The lowest BCUT2D eigenvalue weighted by Gasteiger charge is -2.39. The van der Waals surface area contributed by atoms with Crippen molar-refractivity contribution >= 4 is 5.97 Å². The molecule has 1 rings (SSSR count). The lowest BCUT2D eigenvalue weighted by atomic mass is 9.99. The van der Waals surface area contributed by atoms with E-state index in [0.29, 0.717) is 19.4 Å². The van der Waals surface area contributed by atoms with E-state index in [4.69, 9.17) is 18.9 Å². The Kier molecular flexibility index (Phi) is 40.3. The molecule has 1 heterocycles. The highest BCUT2D eigenvalue weighted by molar-refractivity contribution is 5.69. The van der Waals surface area contributed by atoms with Crippen LogP contribution in [-0.2, 0) is 23.7 Å². The van der Waals surface area contributed by atoms with Crippen molar-refractivity contribution in [1.82, 2.24) is 0 Å². The van der Waals surface area contributed by atoms with E-state index in [1.165, 1.54) is 122 Å². The number of hydrogen-bond donors (Lipinski definition) is 4. The van der Waals surface area contributed by atoms with Gasteiger partial charge >= 0.3 is 5.97 Å². The molecule has 0 aliphatic carbocycles. The molecular formula is C52H92O9. The number of esters is 1. The maximum absolute atomic E-state index is 12.8. The highest BCUT2D eigenvalue weighted by Gasteiger charge is 2.44. The molecule has 6 unspecified atom stereocenters. The zero-order valence-corrected chi connectivity index (χ0v) is 38.9. The maximum Gasteiger partial charge on any atom is 0.306 e. The average molecular weight is 861 g/mol. The number of ether oxygens (including phenoxy) is 4. The van der Waals surface area contributed by atoms with Gasteiger partial charge in [0, 0.05) is 6.42 Å². The Morgan fingerprint density at radius 1 is 0.541 bits per heavy atom. The molecule has 354 valence electrons. The second-order valence-electron chi connectivity index (χ2n) is 16.9. The minimum Gasteiger partial charge on any atom is -0.457 e. The fourth-order valence-electron chi connectivity index (χ4n) is 7.38. The average Bonchev–Trinajstić information content (AvgIpc) is 3.26. The van der Waals surface area contributed by atoms with Crippen LogP contribution in [0, 0.1) is 0 Å². The molecule has 0 spiro atoms. The minimum absolute atomic E-state index is 0.0905. The van der Waals surface area contributed by atoms with E-state index in [1.807, 2.05) is 0 Å². The van der Waals surface area contributed by atoms with E-state index in [2.05, 4.69) is 74.6 Å². The van der Waals surface area contributed by atoms with Crippen molar-refractivity contribution in [2.75, 3.05) is 26.4 Å². The van der Waals surface area contributed by atoms with Crippen molar-refractivity contribution in [3.63, 3.8) is 0 Å². The zero-order valence-electron chi connectivity index (χ0n) is 38.9. The summed E-state index contributed by atoms with van der Waals surface area (Å²) >= 11 is 0. The molecule has 0 aromatic heterocycles. The van der Waals surface area contributed by atoms with E-state index in [1.54, 1.807) is 0 Å². The van der Waals surface area contributed by atoms with Crippen LogP contribution in [0.1, 0.15) is 200 Å². The van der Waals surface area contributed by atoms with Gasteiger partial charge in [0.25, 0.3) is 0 Å². The monoisotopic (exact) mass is 861 g/mol. The summed E-state index contributed by atoms with van der Waals surface area (Å²) in [6.07, 6.45) is 48.5. The maximum atomic E-state index is 12.8. The predicted octanol–water partition coefficient (Wildman–Crippen LogP) is 11.9. The predicted molar refractivity (Wildman–Crippen MR) is 251 cm³/mol. The third-order valence-electron chi connectivity index (χ3n) is 11.2. The minimum atomic E-state index is -1.55. The first-order valence-corrected chi connectivity index (χ1v) is 24.9. The molecule has 1 aliphatic rings. The zero-order chi connectivity index (χ0) is 44.3. The van der Waals surface area contributed by atoms with Crippen LogP contribution in [0.4, 0.5) is 0 Å². The first-order chi connectivity index (χ1) is 29.9. The van der Waals surface area contributed by atoms with Crippen molar-refractivity contribution in [3.05, 3.63) is 60.8 Å². The van der Waals surface area contributed by atoms with Crippen LogP contribution in [0.5, 0.6) is 0 Å². The molecule has 0 aromatic rings. The van der Waals surface area contributed by atoms with Gasteiger partial charge in [0.2, 0.25) is 0 Å². The smallest absolute Gasteiger partial charge is 0.306 e. The lowest BCUT2D eigenvalue weighted by Crippen LogP contribution is -2.59. The van der Waals surface area contributed by atoms with Gasteiger partial charge in [0.05, 0.1) is 26.4 Å². The first-order valence-electron chi connectivity index (χ1n) is 24.9. The van der Waals surface area contributed by atoms with Gasteiger partial charge in [-0.1, -0.05) is 209 Å². The highest BCUT2D eigenvalue weighted by Crippen LogP contribution is 2.23. The van der Waals surface area contributed by atoms with Gasteiger partial charge in [-0.2, -0.15) is 0 Å². The topological polar surface area (TPSA) is 135 Å². The fraction of sp³-hybridized carbons (Fsp3) is 0.788. The lowest BCUT2D eigenvalue weighted by molar-refractivity contribution is -0.305. The highest BCUT2D eigenvalue weighted by atomic mass is 16.7. The van der Waals surface area contributed by atoms with Crippen LogP contribution in [0.25, 0.3) is 0 Å². The van der Waals surface area contributed by atoms with Crippen LogP contribution >= 0.6 is 0 Å². The van der Waals surface area contributed by atoms with Gasteiger partial charge in [0.1, 0.15) is 30.5 Å². The van der Waals surface area contributed by atoms with Crippen molar-refractivity contribution in [1.29, 1.82) is 0 Å². The molecular weight excluding hydrogens is 769 g/mol. The number of aliphatic hydroxyl groups excluding tert-OH is 4. The van der Waals surface area contributed by atoms with Crippen molar-refractivity contribution in [3.8, 4) is 0 Å². The molecule has 0 amide bonds. The normalized spacial score (nSPS) is 20.4. The Hall–Kier alpha value is -2.11. The summed E-state index contributed by atoms with van der Waals surface area (Å²) in [5.74, 6) is -0.336. The van der Waals surface area contributed by atoms with Gasteiger partial charge in [-0.3, -0.25) is 4.79 Å². The number of aliphatic hydroxyl groups is 4. The summed E-state index contributed by atoms with van der Waals surface area (Å²) in [6.45, 7) is 4.24. The van der Waals surface area contributed by atoms with Gasteiger partial charge in [-0.15, -0.1) is 0 Å². The van der Waals surface area contributed by atoms with Gasteiger partial charge in [0.15, 0.2) is 6.29 Å². The van der Waals surface area contributed by atoms with Crippen LogP contribution in [-0.4, -0.2) is 89.6 Å². The third kappa shape index (κ3) is 34.0. The molecule has 6 atom stereocenters. The fourth-order valence-corrected chi connectivity index (χ4v) is 7.38. The second kappa shape index (κ2) is 43.2. The Bertz CT molecular complexity index is 1120. The van der Waals surface area contributed by atoms with Crippen LogP contribution < -0.4 is 0 Å². The molecule has 1 saturated heterocycles. The molecule has 1 fully saturated rings. The number of allylic oxidation sites excluding steroid dienone is 9. The molecule has 0 saturated carbocycles. The number of rotatable bonds is 42. The number of unbranched alkanes of at least 4 members (excludes halogenated alkanes) is 21. The van der Waals surface area contributed by atoms with Crippen LogP contribution in [0.15, 0.2) is 60.8 Å². The van der Waals surface area contributed by atoms with Gasteiger partial charge in [-0.05, 0) is 44.9 Å². The molecule has 4 N–H and O–H groups in total. The summed E-state index contributed by atoms with van der Waals surface area (Å²) < 4.78 is 22.7. The molecule has 9 nitrogen and oxygen atoms in total. The van der Waals surface area contributed by atoms with Crippen LogP contribution in [0.3, 0.4) is 0 Å². The Balaban J connectivity index is 2.24. The van der Waals surface area contributed by atoms with E-state index < -0.39 is 43.4 Å². The summed E-state index contributed by atoms with van der Waals surface area (Å²) in [5.41, 5.74) is 0. The Morgan fingerprint density at radius 2 is 0.967 bits per heavy atom. The SMILES string of the molecule is CC/C=C\C/C=C\C/C=C\C/C=C\C/C=C\CCOCC(COC1OC(CO)C(O)C(O)C1O)OC(=O)CCCCCCCCCCCCCCCCCCCCCCCC. The molecule has 1 aliphatic heterocycles. The van der Waals surface area contributed by atoms with E-state index in [-0.39, 0.29) is 19.2 Å². The Morgan fingerprint density at radius 3 is 1.41 bits per heavy atom. The van der Waals surface area contributed by atoms with Crippen molar-refractivity contribution < 1.29 is 44.2 Å². The van der Waals surface area contributed by atoms with Gasteiger partial charge < -0.3 is 39.4 Å². The number of hydrogen-bond acceptors (Lipinski definition) is 9. The van der Waals surface area contributed by atoms with E-state index in [9.17, 15) is 25.2 Å². The van der Waals surface area contributed by atoms with Gasteiger partial charge in [-0.25, -0.2) is 0 Å². The second-order valence-corrected chi connectivity index (χ2v) is 16.9. The summed E-state index contributed by atoms with van der Waals surface area (Å²) in [6, 6.07) is 0. The summed E-state index contributed by atoms with van der Waals surface area (Å²) in [5, 5.41) is 40.2. The first kappa shape index (κ1) is 56.9. The molecule has 0 bridgehead atoms. The van der Waals surface area contributed by atoms with Crippen LogP contribution in [0.2, 0.25) is 0 Å². The number of carbonyl (C=O) groups is 1. The van der Waals surface area contributed by atoms with Crippen molar-refractivity contribution in [2.45, 2.75) is 237 Å². The molecule has 0 aromatic carbocycles. The third-order valence-corrected chi connectivity index (χ3v) is 11.2. The Labute approximate surface area is 373 Å². The van der Waals surface area contributed by atoms with E-state index in [0.717, 1.165) is 51.4 Å². The molecule has 0 radical (unpaired) electrons. The largest absolute Gasteiger partial charge is 0.457 e. The molecule has 61 heavy (non-hydrogen) atoms. The summed E-state index contributed by atoms with van der Waals surface area (Å²) in [4.78, 5) is 12.8.